The molecule has 18 heavy (non-hydrogen) atoms. The molecule has 2 aromatic rings. The van der Waals surface area contributed by atoms with E-state index in [0.29, 0.717) is 10.8 Å². The zero-order valence-corrected chi connectivity index (χ0v) is 9.72. The fraction of sp³-hybridized carbons (Fsp3) is 0.0769. The van der Waals surface area contributed by atoms with Gasteiger partial charge in [0.05, 0.1) is 5.56 Å². The molecule has 0 aliphatic heterocycles. The monoisotopic (exact) mass is 271 g/mol. The fourth-order valence-electron chi connectivity index (χ4n) is 1.31. The maximum absolute atomic E-state index is 12.5. The van der Waals surface area contributed by atoms with Crippen molar-refractivity contribution in [3.8, 4) is 11.5 Å². The van der Waals surface area contributed by atoms with Crippen LogP contribution in [0.5, 0.6) is 11.5 Å². The van der Waals surface area contributed by atoms with Crippen molar-refractivity contribution < 1.29 is 17.9 Å². The lowest BCUT2D eigenvalue weighted by Gasteiger charge is -2.09. The zero-order chi connectivity index (χ0) is 13.2. The molecule has 0 atom stereocenters. The average molecular weight is 272 g/mol. The highest BCUT2D eigenvalue weighted by Gasteiger charge is 2.30. The van der Waals surface area contributed by atoms with Crippen LogP contribution < -0.4 is 4.74 Å². The summed E-state index contributed by atoms with van der Waals surface area (Å²) in [7, 11) is 0. The molecule has 0 amide bonds. The maximum Gasteiger partial charge on any atom is 0.417 e. The molecule has 0 saturated carbocycles. The fourth-order valence-corrected chi connectivity index (χ4v) is 1.44. The first-order chi connectivity index (χ1) is 8.45. The highest BCUT2D eigenvalue weighted by atomic mass is 35.5. The third-order valence-corrected chi connectivity index (χ3v) is 2.38. The first-order valence-corrected chi connectivity index (χ1v) is 5.35. The molecular weight excluding hydrogens is 265 g/mol. The van der Waals surface area contributed by atoms with Gasteiger partial charge in [-0.2, -0.15) is 13.2 Å². The lowest BCUT2D eigenvalue weighted by Crippen LogP contribution is -2.04. The Hall–Kier alpha value is -1.68. The second-order valence-corrected chi connectivity index (χ2v) is 3.93. The molecule has 0 aliphatic carbocycles. The summed E-state index contributed by atoms with van der Waals surface area (Å²) < 4.78 is 42.7. The van der Waals surface area contributed by atoms with E-state index in [2.05, 4.69) is 6.07 Å². The van der Waals surface area contributed by atoms with Crippen molar-refractivity contribution in [3.05, 3.63) is 59.1 Å². The van der Waals surface area contributed by atoms with Crippen LogP contribution in [0, 0.1) is 6.07 Å². The maximum atomic E-state index is 12.5. The van der Waals surface area contributed by atoms with Gasteiger partial charge in [-0.05, 0) is 42.5 Å². The van der Waals surface area contributed by atoms with Crippen molar-refractivity contribution in [2.24, 2.45) is 0 Å². The van der Waals surface area contributed by atoms with Crippen LogP contribution in [-0.2, 0) is 6.18 Å². The van der Waals surface area contributed by atoms with E-state index in [1.807, 2.05) is 0 Å². The Morgan fingerprint density at radius 3 is 2.28 bits per heavy atom. The average Bonchev–Trinajstić information content (AvgIpc) is 2.31. The van der Waals surface area contributed by atoms with Crippen molar-refractivity contribution in [2.75, 3.05) is 0 Å². The summed E-state index contributed by atoms with van der Waals surface area (Å²) in [5, 5.41) is 0.528. The first-order valence-electron chi connectivity index (χ1n) is 4.97. The molecule has 2 aromatic carbocycles. The van der Waals surface area contributed by atoms with Gasteiger partial charge in [-0.25, -0.2) is 0 Å². The molecule has 1 radical (unpaired) electrons. The summed E-state index contributed by atoms with van der Waals surface area (Å²) in [5.41, 5.74) is -0.867. The molecule has 0 aromatic heterocycles. The molecule has 5 heteroatoms. The van der Waals surface area contributed by atoms with E-state index >= 15 is 0 Å². The van der Waals surface area contributed by atoms with Gasteiger partial charge in [0.2, 0.25) is 0 Å². The van der Waals surface area contributed by atoms with Gasteiger partial charge in [0.1, 0.15) is 11.5 Å². The number of rotatable bonds is 2. The van der Waals surface area contributed by atoms with Gasteiger partial charge in [-0.15, -0.1) is 0 Å². The molecule has 2 rings (SSSR count). The minimum Gasteiger partial charge on any atom is -0.457 e. The Morgan fingerprint density at radius 2 is 1.67 bits per heavy atom. The Bertz CT molecular complexity index is 535. The number of alkyl halides is 3. The number of ether oxygens (including phenoxy) is 1. The van der Waals surface area contributed by atoms with Crippen LogP contribution in [-0.4, -0.2) is 0 Å². The van der Waals surface area contributed by atoms with E-state index < -0.39 is 11.7 Å². The van der Waals surface area contributed by atoms with E-state index in [1.54, 1.807) is 24.3 Å². The van der Waals surface area contributed by atoms with Crippen LogP contribution in [0.3, 0.4) is 0 Å². The molecule has 0 spiro atoms. The second kappa shape index (κ2) is 4.90. The van der Waals surface area contributed by atoms with Crippen LogP contribution >= 0.6 is 11.6 Å². The summed E-state index contributed by atoms with van der Waals surface area (Å²) in [6.07, 6.45) is -4.43. The van der Waals surface area contributed by atoms with E-state index in [9.17, 15) is 13.2 Å². The molecule has 0 unspecified atom stereocenters. The Labute approximate surface area is 107 Å². The highest BCUT2D eigenvalue weighted by Crippen LogP contribution is 2.32. The van der Waals surface area contributed by atoms with Gasteiger partial charge in [0.15, 0.2) is 0 Å². The quantitative estimate of drug-likeness (QED) is 0.751. The minimum absolute atomic E-state index is 0.100. The summed E-state index contributed by atoms with van der Waals surface area (Å²) in [6.45, 7) is 0. The molecule has 0 N–H and O–H groups in total. The third kappa shape index (κ3) is 3.17. The van der Waals surface area contributed by atoms with E-state index in [0.717, 1.165) is 6.07 Å². The predicted octanol–water partition coefficient (Wildman–Crippen LogP) is 4.95. The smallest absolute Gasteiger partial charge is 0.417 e. The lowest BCUT2D eigenvalue weighted by atomic mass is 10.2. The topological polar surface area (TPSA) is 9.23 Å². The van der Waals surface area contributed by atoms with Crippen molar-refractivity contribution in [1.29, 1.82) is 0 Å². The van der Waals surface area contributed by atoms with Crippen LogP contribution in [0.15, 0.2) is 42.5 Å². The van der Waals surface area contributed by atoms with Gasteiger partial charge in [0, 0.05) is 5.02 Å². The summed E-state index contributed by atoms with van der Waals surface area (Å²) >= 11 is 5.69. The molecule has 0 fully saturated rings. The normalized spacial score (nSPS) is 11.3. The van der Waals surface area contributed by atoms with Crippen molar-refractivity contribution in [1.82, 2.24) is 0 Å². The molecule has 0 bridgehead atoms. The van der Waals surface area contributed by atoms with Crippen LogP contribution in [0.4, 0.5) is 13.2 Å². The first kappa shape index (κ1) is 12.8. The highest BCUT2D eigenvalue weighted by molar-refractivity contribution is 6.30. The Kier molecular flexibility index (Phi) is 3.48. The SMILES string of the molecule is FC(F)(F)c1[c]ccc(Oc2ccc(Cl)cc2)c1. The van der Waals surface area contributed by atoms with Gasteiger partial charge in [0.25, 0.3) is 0 Å². The van der Waals surface area contributed by atoms with Crippen LogP contribution in [0.25, 0.3) is 0 Å². The number of benzene rings is 2. The van der Waals surface area contributed by atoms with E-state index in [-0.39, 0.29) is 5.75 Å². The van der Waals surface area contributed by atoms with Gasteiger partial charge in [-0.1, -0.05) is 17.7 Å². The molecule has 1 nitrogen and oxygen atoms in total. The van der Waals surface area contributed by atoms with Crippen LogP contribution in [0.2, 0.25) is 5.02 Å². The van der Waals surface area contributed by atoms with Gasteiger partial charge < -0.3 is 4.74 Å². The molecular formula is C13H7ClF3O. The van der Waals surface area contributed by atoms with Crippen molar-refractivity contribution in [2.45, 2.75) is 6.18 Å². The number of halogens is 4. The minimum atomic E-state index is -4.43. The molecule has 93 valence electrons. The van der Waals surface area contributed by atoms with Gasteiger partial charge in [-0.3, -0.25) is 0 Å². The molecule has 0 heterocycles. The number of hydrogen-bond donors (Lipinski definition) is 0. The van der Waals surface area contributed by atoms with E-state index in [1.165, 1.54) is 12.1 Å². The molecule has 0 aliphatic rings. The van der Waals surface area contributed by atoms with Crippen molar-refractivity contribution >= 4 is 11.6 Å². The van der Waals surface area contributed by atoms with E-state index in [4.69, 9.17) is 16.3 Å². The third-order valence-electron chi connectivity index (χ3n) is 2.13. The summed E-state index contributed by atoms with van der Waals surface area (Å²) in [6, 6.07) is 11.9. The summed E-state index contributed by atoms with van der Waals surface area (Å²) in [5.74, 6) is 0.516. The van der Waals surface area contributed by atoms with Crippen molar-refractivity contribution in [3.63, 3.8) is 0 Å². The molecule has 0 saturated heterocycles. The summed E-state index contributed by atoms with van der Waals surface area (Å²) in [4.78, 5) is 0. The number of hydrogen-bond acceptors (Lipinski definition) is 1. The lowest BCUT2D eigenvalue weighted by molar-refractivity contribution is -0.137. The zero-order valence-electron chi connectivity index (χ0n) is 8.96. The predicted molar refractivity (Wildman–Crippen MR) is 61.8 cm³/mol. The largest absolute Gasteiger partial charge is 0.457 e. The second-order valence-electron chi connectivity index (χ2n) is 3.49. The Balaban J connectivity index is 2.22. The Morgan fingerprint density at radius 1 is 1.00 bits per heavy atom. The van der Waals surface area contributed by atoms with Gasteiger partial charge >= 0.3 is 6.18 Å². The standard InChI is InChI=1S/C13H7ClF3O/c14-10-4-6-11(7-5-10)18-12-3-1-2-9(8-12)13(15,16)17/h1,3-8H. The van der Waals surface area contributed by atoms with Crippen LogP contribution in [0.1, 0.15) is 5.56 Å².